The Kier molecular flexibility index (Phi) is 7.66. The monoisotopic (exact) mass is 315 g/mol. The van der Waals surface area contributed by atoms with Gasteiger partial charge in [-0.15, -0.1) is 0 Å². The molecular weight excluding hydrogens is 290 g/mol. The van der Waals surface area contributed by atoms with Gasteiger partial charge in [0.05, 0.1) is 6.61 Å². The molecule has 0 fully saturated rings. The van der Waals surface area contributed by atoms with Gasteiger partial charge in [-0.05, 0) is 37.6 Å². The van der Waals surface area contributed by atoms with Gasteiger partial charge in [0, 0.05) is 25.4 Å². The smallest absolute Gasteiger partial charge is 0.299 e. The molecule has 0 aromatic heterocycles. The van der Waals surface area contributed by atoms with Gasteiger partial charge in [0.1, 0.15) is 0 Å². The van der Waals surface area contributed by atoms with Gasteiger partial charge in [-0.1, -0.05) is 19.1 Å². The second-order valence-electron chi connectivity index (χ2n) is 4.79. The van der Waals surface area contributed by atoms with Crippen LogP contribution in [0.5, 0.6) is 0 Å². The normalized spacial score (nSPS) is 13.1. The average Bonchev–Trinajstić information content (AvgIpc) is 2.45. The molecule has 0 spiro atoms. The number of benzene rings is 1. The highest BCUT2D eigenvalue weighted by atomic mass is 32.2. The van der Waals surface area contributed by atoms with E-state index in [0.717, 1.165) is 18.5 Å². The standard InChI is InChI=1S/C14H25N3O3S/c1-4-9-15-12(2)13-5-7-14(8-6-13)17-21(18,19)16-10-11-20-3/h5-8,12,15-17H,4,9-11H2,1-3H3. The molecule has 0 saturated heterocycles. The summed E-state index contributed by atoms with van der Waals surface area (Å²) in [6.07, 6.45) is 1.08. The molecule has 0 radical (unpaired) electrons. The van der Waals surface area contributed by atoms with Gasteiger partial charge >= 0.3 is 0 Å². The Morgan fingerprint density at radius 2 is 1.86 bits per heavy atom. The fourth-order valence-corrected chi connectivity index (χ4v) is 2.66. The highest BCUT2D eigenvalue weighted by molar-refractivity contribution is 7.90. The fourth-order valence-electron chi connectivity index (χ4n) is 1.79. The summed E-state index contributed by atoms with van der Waals surface area (Å²) < 4.78 is 33.2. The van der Waals surface area contributed by atoms with Gasteiger partial charge in [0.25, 0.3) is 10.2 Å². The second kappa shape index (κ2) is 8.99. The molecule has 0 aliphatic rings. The number of rotatable bonds is 10. The van der Waals surface area contributed by atoms with Crippen LogP contribution in [0.25, 0.3) is 0 Å². The van der Waals surface area contributed by atoms with Crippen LogP contribution in [0.4, 0.5) is 5.69 Å². The first-order chi connectivity index (χ1) is 9.98. The zero-order chi connectivity index (χ0) is 15.7. The van der Waals surface area contributed by atoms with E-state index in [0.29, 0.717) is 12.3 Å². The molecule has 21 heavy (non-hydrogen) atoms. The number of nitrogens with one attached hydrogen (secondary N) is 3. The van der Waals surface area contributed by atoms with Crippen molar-refractivity contribution in [2.75, 3.05) is 31.5 Å². The molecule has 1 aromatic carbocycles. The van der Waals surface area contributed by atoms with Crippen LogP contribution < -0.4 is 14.8 Å². The molecule has 1 atom stereocenters. The van der Waals surface area contributed by atoms with Gasteiger partial charge in [-0.25, -0.2) is 0 Å². The van der Waals surface area contributed by atoms with Gasteiger partial charge < -0.3 is 10.1 Å². The topological polar surface area (TPSA) is 79.5 Å². The minimum absolute atomic E-state index is 0.238. The van der Waals surface area contributed by atoms with Crippen molar-refractivity contribution in [3.8, 4) is 0 Å². The Morgan fingerprint density at radius 1 is 1.19 bits per heavy atom. The van der Waals surface area contributed by atoms with Crippen molar-refractivity contribution in [3.05, 3.63) is 29.8 Å². The van der Waals surface area contributed by atoms with Gasteiger partial charge in [-0.2, -0.15) is 13.1 Å². The number of anilines is 1. The first-order valence-electron chi connectivity index (χ1n) is 7.08. The lowest BCUT2D eigenvalue weighted by atomic mass is 10.1. The van der Waals surface area contributed by atoms with Crippen molar-refractivity contribution in [3.63, 3.8) is 0 Å². The molecule has 7 heteroatoms. The molecular formula is C14H25N3O3S. The SMILES string of the molecule is CCCNC(C)c1ccc(NS(=O)(=O)NCCOC)cc1. The van der Waals surface area contributed by atoms with Crippen LogP contribution >= 0.6 is 0 Å². The highest BCUT2D eigenvalue weighted by Gasteiger charge is 2.09. The van der Waals surface area contributed by atoms with E-state index in [1.54, 1.807) is 12.1 Å². The molecule has 0 bridgehead atoms. The molecule has 0 aliphatic heterocycles. The maximum absolute atomic E-state index is 11.7. The van der Waals surface area contributed by atoms with Crippen molar-refractivity contribution < 1.29 is 13.2 Å². The molecule has 0 amide bonds. The molecule has 1 aromatic rings. The molecule has 3 N–H and O–H groups in total. The summed E-state index contributed by atoms with van der Waals surface area (Å²) in [7, 11) is -2.03. The van der Waals surface area contributed by atoms with E-state index >= 15 is 0 Å². The van der Waals surface area contributed by atoms with Crippen LogP contribution in [0.3, 0.4) is 0 Å². The van der Waals surface area contributed by atoms with Crippen molar-refractivity contribution in [1.82, 2.24) is 10.0 Å². The summed E-state index contributed by atoms with van der Waals surface area (Å²) in [5, 5.41) is 3.39. The Hall–Kier alpha value is -1.15. The van der Waals surface area contributed by atoms with Crippen LogP contribution in [0.15, 0.2) is 24.3 Å². The molecule has 1 rings (SSSR count). The lowest BCUT2D eigenvalue weighted by Gasteiger charge is -2.14. The lowest BCUT2D eigenvalue weighted by Crippen LogP contribution is -2.32. The van der Waals surface area contributed by atoms with Crippen molar-refractivity contribution in [2.45, 2.75) is 26.3 Å². The summed E-state index contributed by atoms with van der Waals surface area (Å²) in [5.41, 5.74) is 1.66. The largest absolute Gasteiger partial charge is 0.383 e. The first-order valence-corrected chi connectivity index (χ1v) is 8.56. The number of hydrogen-bond acceptors (Lipinski definition) is 4. The molecule has 1 unspecified atom stereocenters. The maximum atomic E-state index is 11.7. The molecule has 120 valence electrons. The second-order valence-corrected chi connectivity index (χ2v) is 6.29. The Labute approximate surface area is 127 Å². The van der Waals surface area contributed by atoms with E-state index in [-0.39, 0.29) is 12.6 Å². The van der Waals surface area contributed by atoms with E-state index in [9.17, 15) is 8.42 Å². The number of ether oxygens (including phenoxy) is 1. The molecule has 0 heterocycles. The predicted octanol–water partition coefficient (Wildman–Crippen LogP) is 1.64. The van der Waals surface area contributed by atoms with E-state index < -0.39 is 10.2 Å². The van der Waals surface area contributed by atoms with E-state index in [1.807, 2.05) is 12.1 Å². The zero-order valence-corrected chi connectivity index (χ0v) is 13.7. The van der Waals surface area contributed by atoms with Crippen molar-refractivity contribution in [1.29, 1.82) is 0 Å². The third kappa shape index (κ3) is 6.90. The third-order valence-electron chi connectivity index (χ3n) is 2.96. The predicted molar refractivity (Wildman–Crippen MR) is 85.6 cm³/mol. The van der Waals surface area contributed by atoms with Crippen LogP contribution in [0.2, 0.25) is 0 Å². The van der Waals surface area contributed by atoms with Gasteiger partial charge in [0.2, 0.25) is 0 Å². The maximum Gasteiger partial charge on any atom is 0.299 e. The Morgan fingerprint density at radius 3 is 2.43 bits per heavy atom. The summed E-state index contributed by atoms with van der Waals surface area (Å²) >= 11 is 0. The average molecular weight is 315 g/mol. The van der Waals surface area contributed by atoms with Gasteiger partial charge in [0.15, 0.2) is 0 Å². The minimum atomic E-state index is -3.55. The van der Waals surface area contributed by atoms with Crippen LogP contribution in [0.1, 0.15) is 31.9 Å². The summed E-state index contributed by atoms with van der Waals surface area (Å²) in [5.74, 6) is 0. The van der Waals surface area contributed by atoms with Crippen LogP contribution in [-0.4, -0.2) is 35.2 Å². The quantitative estimate of drug-likeness (QED) is 0.574. The summed E-state index contributed by atoms with van der Waals surface area (Å²) in [6.45, 7) is 5.73. The summed E-state index contributed by atoms with van der Waals surface area (Å²) in [6, 6.07) is 7.60. The molecule has 0 saturated carbocycles. The number of hydrogen-bond donors (Lipinski definition) is 3. The van der Waals surface area contributed by atoms with Crippen molar-refractivity contribution >= 4 is 15.9 Å². The third-order valence-corrected chi connectivity index (χ3v) is 4.05. The van der Waals surface area contributed by atoms with E-state index in [4.69, 9.17) is 4.74 Å². The van der Waals surface area contributed by atoms with Crippen LogP contribution in [-0.2, 0) is 14.9 Å². The van der Waals surface area contributed by atoms with Gasteiger partial charge in [-0.3, -0.25) is 4.72 Å². The highest BCUT2D eigenvalue weighted by Crippen LogP contribution is 2.16. The number of methoxy groups -OCH3 is 1. The zero-order valence-electron chi connectivity index (χ0n) is 12.8. The Bertz CT molecular complexity index is 503. The van der Waals surface area contributed by atoms with E-state index in [1.165, 1.54) is 7.11 Å². The fraction of sp³-hybridized carbons (Fsp3) is 0.571. The molecule has 0 aliphatic carbocycles. The summed E-state index contributed by atoms with van der Waals surface area (Å²) in [4.78, 5) is 0. The lowest BCUT2D eigenvalue weighted by molar-refractivity contribution is 0.204. The minimum Gasteiger partial charge on any atom is -0.383 e. The first kappa shape index (κ1) is 17.9. The Balaban J connectivity index is 2.57. The molecule has 6 nitrogen and oxygen atoms in total. The van der Waals surface area contributed by atoms with Crippen LogP contribution in [0, 0.1) is 0 Å². The van der Waals surface area contributed by atoms with E-state index in [2.05, 4.69) is 28.6 Å². The van der Waals surface area contributed by atoms with Crippen molar-refractivity contribution in [2.24, 2.45) is 0 Å².